The summed E-state index contributed by atoms with van der Waals surface area (Å²) >= 11 is 5.67. The lowest BCUT2D eigenvalue weighted by atomic mass is 9.90. The molecule has 31 heavy (non-hydrogen) atoms. The minimum Gasteiger partial charge on any atom is -0.503 e. The van der Waals surface area contributed by atoms with Gasteiger partial charge >= 0.3 is 0 Å². The van der Waals surface area contributed by atoms with Gasteiger partial charge in [0.15, 0.2) is 17.4 Å². The van der Waals surface area contributed by atoms with Crippen molar-refractivity contribution in [3.63, 3.8) is 0 Å². The third-order valence-corrected chi connectivity index (χ3v) is 5.62. The van der Waals surface area contributed by atoms with Gasteiger partial charge in [-0.05, 0) is 37.1 Å². The van der Waals surface area contributed by atoms with E-state index in [2.05, 4.69) is 0 Å². The molecule has 1 unspecified atom stereocenters. The number of unbranched alkanes of at least 4 members (excludes halogenated alkanes) is 1. The fourth-order valence-corrected chi connectivity index (χ4v) is 3.91. The van der Waals surface area contributed by atoms with E-state index in [1.165, 1.54) is 19.1 Å². The molecule has 0 aliphatic rings. The highest BCUT2D eigenvalue weighted by Gasteiger charge is 2.31. The van der Waals surface area contributed by atoms with E-state index in [1.54, 1.807) is 0 Å². The van der Waals surface area contributed by atoms with Crippen molar-refractivity contribution >= 4 is 34.3 Å². The number of primary amides is 1. The number of carbonyl (C=O) groups is 2. The third kappa shape index (κ3) is 3.87. The molecule has 1 atom stereocenters. The van der Waals surface area contributed by atoms with Crippen molar-refractivity contribution < 1.29 is 27.9 Å². The van der Waals surface area contributed by atoms with Crippen molar-refractivity contribution in [1.82, 2.24) is 4.57 Å². The zero-order valence-corrected chi connectivity index (χ0v) is 17.6. The van der Waals surface area contributed by atoms with Crippen LogP contribution in [-0.2, 0) is 4.79 Å². The lowest BCUT2D eigenvalue weighted by molar-refractivity contribution is -0.119. The van der Waals surface area contributed by atoms with Gasteiger partial charge in [0, 0.05) is 22.7 Å². The Morgan fingerprint density at radius 2 is 1.87 bits per heavy atom. The van der Waals surface area contributed by atoms with Crippen LogP contribution in [0.2, 0.25) is 5.02 Å². The predicted molar refractivity (Wildman–Crippen MR) is 111 cm³/mol. The van der Waals surface area contributed by atoms with Crippen LogP contribution in [0.1, 0.15) is 53.7 Å². The monoisotopic (exact) mass is 452 g/mol. The number of rotatable bonds is 6. The molecule has 0 aliphatic carbocycles. The molecule has 0 spiro atoms. The second-order valence-electron chi connectivity index (χ2n) is 7.28. The van der Waals surface area contributed by atoms with E-state index in [1.807, 2.05) is 6.92 Å². The Morgan fingerprint density at radius 3 is 2.45 bits per heavy atom. The number of halogens is 4. The molecule has 0 aliphatic heterocycles. The van der Waals surface area contributed by atoms with Crippen molar-refractivity contribution in [3.05, 3.63) is 63.6 Å². The number of phenolic OH excluding ortho intramolecular Hbond substituents is 1. The molecule has 3 rings (SSSR count). The first kappa shape index (κ1) is 22.7. The Bertz CT molecular complexity index is 1210. The van der Waals surface area contributed by atoms with E-state index in [4.69, 9.17) is 17.3 Å². The molecule has 0 saturated carbocycles. The molecule has 2 aromatic carbocycles. The summed E-state index contributed by atoms with van der Waals surface area (Å²) in [5.41, 5.74) is 5.47. The number of amides is 1. The number of nitrogens with zero attached hydrogens (tertiary/aromatic N) is 1. The van der Waals surface area contributed by atoms with Gasteiger partial charge in [0.1, 0.15) is 5.82 Å². The van der Waals surface area contributed by atoms with Crippen LogP contribution < -0.4 is 5.73 Å². The van der Waals surface area contributed by atoms with Crippen molar-refractivity contribution in [2.75, 3.05) is 0 Å². The zero-order chi connectivity index (χ0) is 23.0. The van der Waals surface area contributed by atoms with E-state index in [-0.39, 0.29) is 39.2 Å². The fraction of sp³-hybridized carbons (Fsp3) is 0.273. The summed E-state index contributed by atoms with van der Waals surface area (Å²) < 4.78 is 44.1. The molecule has 5 nitrogen and oxygen atoms in total. The van der Waals surface area contributed by atoms with E-state index < -0.39 is 40.9 Å². The van der Waals surface area contributed by atoms with Crippen LogP contribution in [0, 0.1) is 24.4 Å². The minimum atomic E-state index is -1.30. The summed E-state index contributed by atoms with van der Waals surface area (Å²) in [7, 11) is 0. The lowest BCUT2D eigenvalue weighted by Crippen LogP contribution is -2.23. The Hall–Kier alpha value is -3.00. The zero-order valence-electron chi connectivity index (χ0n) is 16.8. The summed E-state index contributed by atoms with van der Waals surface area (Å²) in [5, 5.41) is 9.35. The SMILES string of the molecule is CCCCC(C(N)=O)c1c(C)n(C(=O)c2ccc(Cl)c(F)c2)c2cc(F)c(O)c(F)c12. The largest absolute Gasteiger partial charge is 0.503 e. The molecule has 3 aromatic rings. The van der Waals surface area contributed by atoms with Crippen LogP contribution in [0.3, 0.4) is 0 Å². The van der Waals surface area contributed by atoms with Gasteiger partial charge in [-0.3, -0.25) is 14.2 Å². The molecule has 0 saturated heterocycles. The number of benzene rings is 2. The molecular formula is C22H20ClF3N2O3. The Morgan fingerprint density at radius 1 is 1.19 bits per heavy atom. The maximum atomic E-state index is 15.0. The average Bonchev–Trinajstić information content (AvgIpc) is 2.99. The van der Waals surface area contributed by atoms with Crippen LogP contribution in [0.25, 0.3) is 10.9 Å². The van der Waals surface area contributed by atoms with Crippen molar-refractivity contribution in [2.45, 2.75) is 39.0 Å². The quantitative estimate of drug-likeness (QED) is 0.540. The molecule has 1 aromatic heterocycles. The van der Waals surface area contributed by atoms with E-state index >= 15 is 0 Å². The van der Waals surface area contributed by atoms with Gasteiger partial charge in [-0.1, -0.05) is 31.4 Å². The first-order valence-electron chi connectivity index (χ1n) is 9.61. The van der Waals surface area contributed by atoms with Gasteiger partial charge in [0.2, 0.25) is 5.91 Å². The summed E-state index contributed by atoms with van der Waals surface area (Å²) in [6.07, 6.45) is 1.59. The van der Waals surface area contributed by atoms with Gasteiger partial charge in [-0.25, -0.2) is 13.2 Å². The summed E-state index contributed by atoms with van der Waals surface area (Å²) in [5.74, 6) is -7.15. The minimum absolute atomic E-state index is 0.0894. The summed E-state index contributed by atoms with van der Waals surface area (Å²) in [6.45, 7) is 3.35. The summed E-state index contributed by atoms with van der Waals surface area (Å²) in [4.78, 5) is 25.4. The maximum Gasteiger partial charge on any atom is 0.262 e. The van der Waals surface area contributed by atoms with Crippen LogP contribution in [0.4, 0.5) is 13.2 Å². The molecule has 0 radical (unpaired) electrons. The standard InChI is InChI=1S/C22H20ClF3N2O3/c1-3-4-5-12(21(27)30)17-10(2)28(16-9-15(25)20(29)19(26)18(16)17)22(31)11-6-7-13(23)14(24)8-11/h6-9,12,29H,3-5H2,1-2H3,(H2,27,30). The highest BCUT2D eigenvalue weighted by molar-refractivity contribution is 6.30. The van der Waals surface area contributed by atoms with Crippen molar-refractivity contribution in [1.29, 1.82) is 0 Å². The predicted octanol–water partition coefficient (Wildman–Crippen LogP) is 5.17. The maximum absolute atomic E-state index is 15.0. The number of carbonyl (C=O) groups excluding carboxylic acids is 2. The molecule has 1 amide bonds. The number of nitrogens with two attached hydrogens (primary N) is 1. The molecule has 1 heterocycles. The van der Waals surface area contributed by atoms with Crippen LogP contribution in [-0.4, -0.2) is 21.5 Å². The van der Waals surface area contributed by atoms with Crippen molar-refractivity contribution in [2.24, 2.45) is 5.73 Å². The van der Waals surface area contributed by atoms with E-state index in [9.17, 15) is 27.9 Å². The number of aromatic hydroxyl groups is 1. The Balaban J connectivity index is 2.36. The van der Waals surface area contributed by atoms with Gasteiger partial charge < -0.3 is 10.8 Å². The second kappa shape index (κ2) is 8.63. The van der Waals surface area contributed by atoms with E-state index in [0.29, 0.717) is 6.42 Å². The van der Waals surface area contributed by atoms with Gasteiger partial charge in [-0.2, -0.15) is 0 Å². The number of hydrogen-bond donors (Lipinski definition) is 2. The Kier molecular flexibility index (Phi) is 6.31. The summed E-state index contributed by atoms with van der Waals surface area (Å²) in [6, 6.07) is 4.17. The first-order chi connectivity index (χ1) is 14.6. The van der Waals surface area contributed by atoms with Gasteiger partial charge in [0.05, 0.1) is 16.5 Å². The van der Waals surface area contributed by atoms with Crippen LogP contribution in [0.15, 0.2) is 24.3 Å². The molecule has 0 fully saturated rings. The van der Waals surface area contributed by atoms with Crippen molar-refractivity contribution in [3.8, 4) is 5.75 Å². The van der Waals surface area contributed by atoms with Gasteiger partial charge in [-0.15, -0.1) is 0 Å². The van der Waals surface area contributed by atoms with Crippen LogP contribution in [0.5, 0.6) is 5.75 Å². The van der Waals surface area contributed by atoms with E-state index in [0.717, 1.165) is 23.1 Å². The third-order valence-electron chi connectivity index (χ3n) is 5.32. The molecule has 164 valence electrons. The molecular weight excluding hydrogens is 433 g/mol. The number of aromatic nitrogens is 1. The topological polar surface area (TPSA) is 85.3 Å². The second-order valence-corrected chi connectivity index (χ2v) is 7.69. The fourth-order valence-electron chi connectivity index (χ4n) is 3.79. The van der Waals surface area contributed by atoms with Crippen LogP contribution >= 0.6 is 11.6 Å². The number of hydrogen-bond acceptors (Lipinski definition) is 3. The average molecular weight is 453 g/mol. The highest BCUT2D eigenvalue weighted by Crippen LogP contribution is 2.40. The smallest absolute Gasteiger partial charge is 0.262 e. The highest BCUT2D eigenvalue weighted by atomic mass is 35.5. The number of phenols is 1. The first-order valence-corrected chi connectivity index (χ1v) is 9.98. The molecule has 0 bridgehead atoms. The number of fused-ring (bicyclic) bond motifs is 1. The molecule has 3 N–H and O–H groups in total. The van der Waals surface area contributed by atoms with Gasteiger partial charge in [0.25, 0.3) is 5.91 Å². The molecule has 9 heteroatoms. The lowest BCUT2D eigenvalue weighted by Gasteiger charge is -2.15. The normalized spacial score (nSPS) is 12.3. The Labute approximate surface area is 181 Å².